The van der Waals surface area contributed by atoms with Gasteiger partial charge in [-0.3, -0.25) is 0 Å². The Morgan fingerprint density at radius 1 is 1.29 bits per heavy atom. The van der Waals surface area contributed by atoms with Crippen LogP contribution >= 0.6 is 0 Å². The first-order valence-electron chi connectivity index (χ1n) is 7.77. The number of sulfone groups is 1. The second-order valence-electron chi connectivity index (χ2n) is 6.29. The molecular weight excluding hydrogens is 290 g/mol. The lowest BCUT2D eigenvalue weighted by Crippen LogP contribution is -2.37. The molecule has 1 saturated carbocycles. The van der Waals surface area contributed by atoms with Crippen LogP contribution in [-0.4, -0.2) is 43.2 Å². The minimum Gasteiger partial charge on any atom is -0.339 e. The number of nitrogens with zero attached hydrogens (tertiary/aromatic N) is 2. The van der Waals surface area contributed by atoms with Crippen LogP contribution in [0.1, 0.15) is 49.7 Å². The highest BCUT2D eigenvalue weighted by Crippen LogP contribution is 2.29. The largest absolute Gasteiger partial charge is 0.339 e. The van der Waals surface area contributed by atoms with Crippen molar-refractivity contribution in [2.45, 2.75) is 50.5 Å². The van der Waals surface area contributed by atoms with Crippen molar-refractivity contribution in [3.63, 3.8) is 0 Å². The van der Waals surface area contributed by atoms with Gasteiger partial charge in [-0.25, -0.2) is 8.42 Å². The van der Waals surface area contributed by atoms with Crippen molar-refractivity contribution in [1.29, 1.82) is 0 Å². The van der Waals surface area contributed by atoms with Crippen molar-refractivity contribution in [3.8, 4) is 0 Å². The Hall–Kier alpha value is -0.950. The molecule has 1 aromatic rings. The predicted octanol–water partition coefficient (Wildman–Crippen LogP) is 1.29. The van der Waals surface area contributed by atoms with Gasteiger partial charge in [0, 0.05) is 18.4 Å². The van der Waals surface area contributed by atoms with E-state index in [0.717, 1.165) is 6.42 Å². The molecule has 3 atom stereocenters. The van der Waals surface area contributed by atoms with E-state index in [4.69, 9.17) is 4.52 Å². The smallest absolute Gasteiger partial charge is 0.226 e. The lowest BCUT2D eigenvalue weighted by molar-refractivity contribution is 0.248. The molecule has 1 aromatic heterocycles. The maximum atomic E-state index is 11.5. The molecule has 0 amide bonds. The van der Waals surface area contributed by atoms with Crippen LogP contribution in [0.3, 0.4) is 0 Å². The normalized spacial score (nSPS) is 32.3. The highest BCUT2D eigenvalue weighted by molar-refractivity contribution is 7.91. The van der Waals surface area contributed by atoms with Gasteiger partial charge in [-0.05, 0) is 32.2 Å². The molecule has 7 heteroatoms. The summed E-state index contributed by atoms with van der Waals surface area (Å²) in [5, 5.41) is 7.39. The first kappa shape index (κ1) is 15.0. The second kappa shape index (κ2) is 6.04. The Kier molecular flexibility index (Phi) is 4.31. The van der Waals surface area contributed by atoms with Crippen LogP contribution in [0.4, 0.5) is 0 Å². The lowest BCUT2D eigenvalue weighted by Gasteiger charge is -2.30. The topological polar surface area (TPSA) is 85.1 Å². The quantitative estimate of drug-likeness (QED) is 0.901. The molecule has 0 spiro atoms. The third kappa shape index (κ3) is 3.45. The van der Waals surface area contributed by atoms with E-state index in [9.17, 15) is 8.42 Å². The van der Waals surface area contributed by atoms with Crippen LogP contribution < -0.4 is 5.32 Å². The van der Waals surface area contributed by atoms with Gasteiger partial charge in [-0.2, -0.15) is 4.98 Å². The van der Waals surface area contributed by atoms with Crippen molar-refractivity contribution in [1.82, 2.24) is 15.5 Å². The van der Waals surface area contributed by atoms with Crippen LogP contribution in [0.25, 0.3) is 0 Å². The zero-order valence-electron chi connectivity index (χ0n) is 12.4. The zero-order valence-corrected chi connectivity index (χ0v) is 13.2. The summed E-state index contributed by atoms with van der Waals surface area (Å²) in [6.45, 7) is 0. The summed E-state index contributed by atoms with van der Waals surface area (Å²) >= 11 is 0. The van der Waals surface area contributed by atoms with E-state index in [2.05, 4.69) is 15.5 Å². The zero-order chi connectivity index (χ0) is 14.9. The fourth-order valence-corrected chi connectivity index (χ4v) is 5.31. The summed E-state index contributed by atoms with van der Waals surface area (Å²) in [7, 11) is -0.900. The highest BCUT2D eigenvalue weighted by atomic mass is 32.2. The molecule has 2 heterocycles. The number of aromatic nitrogens is 2. The van der Waals surface area contributed by atoms with Gasteiger partial charge in [0.1, 0.15) is 0 Å². The molecule has 2 fully saturated rings. The molecule has 1 N–H and O–H groups in total. The van der Waals surface area contributed by atoms with Gasteiger partial charge in [-0.15, -0.1) is 0 Å². The van der Waals surface area contributed by atoms with Crippen LogP contribution in [0, 0.1) is 5.92 Å². The summed E-state index contributed by atoms with van der Waals surface area (Å²) < 4.78 is 28.4. The summed E-state index contributed by atoms with van der Waals surface area (Å²) in [5.74, 6) is 2.08. The first-order valence-corrected chi connectivity index (χ1v) is 9.60. The fraction of sp³-hybridized carbons (Fsp3) is 0.857. The van der Waals surface area contributed by atoms with Crippen LogP contribution in [0.15, 0.2) is 4.52 Å². The Balaban J connectivity index is 1.65. The molecule has 1 aliphatic carbocycles. The maximum Gasteiger partial charge on any atom is 0.226 e. The van der Waals surface area contributed by atoms with E-state index < -0.39 is 9.84 Å². The van der Waals surface area contributed by atoms with Crippen molar-refractivity contribution in [2.75, 3.05) is 18.6 Å². The summed E-state index contributed by atoms with van der Waals surface area (Å²) in [6, 6.07) is 0.515. The molecule has 3 unspecified atom stereocenters. The van der Waals surface area contributed by atoms with Crippen LogP contribution in [0.2, 0.25) is 0 Å². The molecule has 2 aliphatic rings. The monoisotopic (exact) mass is 313 g/mol. The fourth-order valence-electron chi connectivity index (χ4n) is 3.57. The SMILES string of the molecule is CNC1CCCCC1Cc1nc(C2CCS(=O)(=O)C2)no1. The molecular formula is C14H23N3O3S. The molecule has 1 aliphatic heterocycles. The summed E-state index contributed by atoms with van der Waals surface area (Å²) in [4.78, 5) is 4.45. The van der Waals surface area contributed by atoms with Crippen molar-refractivity contribution >= 4 is 9.84 Å². The van der Waals surface area contributed by atoms with E-state index in [1.807, 2.05) is 7.05 Å². The Bertz CT molecular complexity index is 584. The average Bonchev–Trinajstić information content (AvgIpc) is 3.06. The van der Waals surface area contributed by atoms with Crippen LogP contribution in [0.5, 0.6) is 0 Å². The Morgan fingerprint density at radius 2 is 2.10 bits per heavy atom. The molecule has 0 bridgehead atoms. The molecule has 118 valence electrons. The average molecular weight is 313 g/mol. The maximum absolute atomic E-state index is 11.5. The van der Waals surface area contributed by atoms with Gasteiger partial charge in [0.05, 0.1) is 11.5 Å². The van der Waals surface area contributed by atoms with Gasteiger partial charge in [0.25, 0.3) is 0 Å². The minimum absolute atomic E-state index is 0.0843. The molecule has 6 nitrogen and oxygen atoms in total. The van der Waals surface area contributed by atoms with Crippen LogP contribution in [-0.2, 0) is 16.3 Å². The predicted molar refractivity (Wildman–Crippen MR) is 78.8 cm³/mol. The van der Waals surface area contributed by atoms with E-state index in [-0.39, 0.29) is 17.4 Å². The van der Waals surface area contributed by atoms with Gasteiger partial charge in [0.15, 0.2) is 15.7 Å². The standard InChI is InChI=1S/C14H23N3O3S/c1-15-12-5-3-2-4-10(12)8-13-16-14(17-20-13)11-6-7-21(18,19)9-11/h10-12,15H,2-9H2,1H3. The second-order valence-corrected chi connectivity index (χ2v) is 8.52. The first-order chi connectivity index (χ1) is 10.1. The third-order valence-electron chi connectivity index (χ3n) is 4.80. The molecule has 3 rings (SSSR count). The minimum atomic E-state index is -2.91. The van der Waals surface area contributed by atoms with Crippen molar-refractivity contribution < 1.29 is 12.9 Å². The molecule has 21 heavy (non-hydrogen) atoms. The Morgan fingerprint density at radius 3 is 2.81 bits per heavy atom. The summed E-state index contributed by atoms with van der Waals surface area (Å²) in [6.07, 6.45) is 6.31. The Labute approximate surface area is 125 Å². The number of hydrogen-bond acceptors (Lipinski definition) is 6. The van der Waals surface area contributed by atoms with E-state index in [1.54, 1.807) is 0 Å². The number of hydrogen-bond donors (Lipinski definition) is 1. The van der Waals surface area contributed by atoms with E-state index in [1.165, 1.54) is 25.7 Å². The van der Waals surface area contributed by atoms with Gasteiger partial charge in [0.2, 0.25) is 5.89 Å². The number of nitrogens with one attached hydrogen (secondary N) is 1. The van der Waals surface area contributed by atoms with Gasteiger partial charge < -0.3 is 9.84 Å². The van der Waals surface area contributed by atoms with Crippen molar-refractivity contribution in [3.05, 3.63) is 11.7 Å². The molecule has 0 radical (unpaired) electrons. The highest BCUT2D eigenvalue weighted by Gasteiger charge is 2.33. The molecule has 1 saturated heterocycles. The third-order valence-corrected chi connectivity index (χ3v) is 6.57. The molecule has 0 aromatic carbocycles. The van der Waals surface area contributed by atoms with E-state index in [0.29, 0.717) is 30.1 Å². The van der Waals surface area contributed by atoms with Gasteiger partial charge >= 0.3 is 0 Å². The lowest BCUT2D eigenvalue weighted by atomic mass is 9.82. The van der Waals surface area contributed by atoms with Crippen molar-refractivity contribution in [2.24, 2.45) is 5.92 Å². The number of rotatable bonds is 4. The summed E-state index contributed by atoms with van der Waals surface area (Å²) in [5.41, 5.74) is 0. The van der Waals surface area contributed by atoms with E-state index >= 15 is 0 Å². The van der Waals surface area contributed by atoms with Gasteiger partial charge in [-0.1, -0.05) is 18.0 Å².